The van der Waals surface area contributed by atoms with Crippen LogP contribution >= 0.6 is 31.9 Å². The number of rotatable bonds is 2. The van der Waals surface area contributed by atoms with Crippen LogP contribution in [0.1, 0.15) is 10.4 Å². The number of hydrogen-bond acceptors (Lipinski definition) is 2. The molecule has 3 N–H and O–H groups in total. The maximum atomic E-state index is 13.2. The van der Waals surface area contributed by atoms with Gasteiger partial charge < -0.3 is 11.1 Å². The van der Waals surface area contributed by atoms with E-state index in [0.717, 1.165) is 0 Å². The van der Waals surface area contributed by atoms with Gasteiger partial charge in [-0.05, 0) is 52.3 Å². The van der Waals surface area contributed by atoms with Crippen LogP contribution in [0.4, 0.5) is 15.8 Å². The van der Waals surface area contributed by atoms with Gasteiger partial charge in [0.2, 0.25) is 0 Å². The van der Waals surface area contributed by atoms with Crippen molar-refractivity contribution < 1.29 is 9.18 Å². The first-order valence-corrected chi connectivity index (χ1v) is 6.87. The average Bonchev–Trinajstić information content (AvgIpc) is 2.32. The number of anilines is 2. The second-order valence-corrected chi connectivity index (χ2v) is 5.62. The van der Waals surface area contributed by atoms with Crippen molar-refractivity contribution in [1.82, 2.24) is 0 Å². The van der Waals surface area contributed by atoms with Crippen molar-refractivity contribution in [1.29, 1.82) is 0 Å². The number of amides is 1. The van der Waals surface area contributed by atoms with Crippen LogP contribution in [0.15, 0.2) is 45.3 Å². The molecule has 0 aliphatic heterocycles. The van der Waals surface area contributed by atoms with Crippen molar-refractivity contribution in [3.63, 3.8) is 0 Å². The Bertz CT molecular complexity index is 626. The lowest BCUT2D eigenvalue weighted by Gasteiger charge is -2.07. The largest absolute Gasteiger partial charge is 0.398 e. The summed E-state index contributed by atoms with van der Waals surface area (Å²) < 4.78 is 14.4. The summed E-state index contributed by atoms with van der Waals surface area (Å²) in [5.74, 6) is -0.866. The fourth-order valence-corrected chi connectivity index (χ4v) is 2.34. The highest BCUT2D eigenvalue weighted by molar-refractivity contribution is 9.10. The molecule has 0 spiro atoms. The van der Waals surface area contributed by atoms with Gasteiger partial charge >= 0.3 is 0 Å². The van der Waals surface area contributed by atoms with Crippen LogP contribution in [0.5, 0.6) is 0 Å². The minimum absolute atomic E-state index is 0.236. The predicted octanol–water partition coefficient (Wildman–Crippen LogP) is 4.19. The number of benzene rings is 2. The lowest BCUT2D eigenvalue weighted by atomic mass is 10.2. The minimum atomic E-state index is -0.474. The summed E-state index contributed by atoms with van der Waals surface area (Å²) in [7, 11) is 0. The summed E-state index contributed by atoms with van der Waals surface area (Å²) in [6.45, 7) is 0. The smallest absolute Gasteiger partial charge is 0.255 e. The van der Waals surface area contributed by atoms with Crippen molar-refractivity contribution in [3.05, 3.63) is 56.7 Å². The van der Waals surface area contributed by atoms with Gasteiger partial charge in [-0.25, -0.2) is 4.39 Å². The number of carbonyl (C=O) groups is 1. The van der Waals surface area contributed by atoms with E-state index in [1.165, 1.54) is 12.1 Å². The molecule has 0 atom stereocenters. The van der Waals surface area contributed by atoms with Gasteiger partial charge in [0.15, 0.2) is 0 Å². The molecule has 2 rings (SSSR count). The van der Waals surface area contributed by atoms with Crippen molar-refractivity contribution in [2.75, 3.05) is 11.1 Å². The molecule has 6 heteroatoms. The second-order valence-electron chi connectivity index (χ2n) is 3.85. The highest BCUT2D eigenvalue weighted by atomic mass is 79.9. The Morgan fingerprint density at radius 3 is 2.53 bits per heavy atom. The molecule has 0 radical (unpaired) electrons. The number of carbonyl (C=O) groups excluding carboxylic acids is 1. The van der Waals surface area contributed by atoms with Crippen molar-refractivity contribution in [2.45, 2.75) is 0 Å². The van der Waals surface area contributed by atoms with Crippen molar-refractivity contribution in [3.8, 4) is 0 Å². The molecule has 0 bridgehead atoms. The Labute approximate surface area is 126 Å². The van der Waals surface area contributed by atoms with E-state index < -0.39 is 11.7 Å². The van der Waals surface area contributed by atoms with Gasteiger partial charge in [0.25, 0.3) is 5.91 Å². The van der Waals surface area contributed by atoms with Crippen LogP contribution in [0.2, 0.25) is 0 Å². The molecular formula is C13H9Br2FN2O. The molecule has 98 valence electrons. The third kappa shape index (κ3) is 3.54. The molecule has 3 nitrogen and oxygen atoms in total. The molecule has 2 aromatic rings. The standard InChI is InChI=1S/C13H9Br2FN2O/c14-8-3-7(4-9(16)5-8)13(19)18-10-1-2-12(17)11(15)6-10/h1-6H,17H2,(H,18,19). The van der Waals surface area contributed by atoms with Gasteiger partial charge in [0, 0.05) is 25.9 Å². The SMILES string of the molecule is Nc1ccc(NC(=O)c2cc(F)cc(Br)c2)cc1Br. The molecule has 0 unspecified atom stereocenters. The monoisotopic (exact) mass is 386 g/mol. The lowest BCUT2D eigenvalue weighted by molar-refractivity contribution is 0.102. The normalized spacial score (nSPS) is 10.3. The Morgan fingerprint density at radius 1 is 1.16 bits per heavy atom. The van der Waals surface area contributed by atoms with Crippen LogP contribution in [0.3, 0.4) is 0 Å². The quantitative estimate of drug-likeness (QED) is 0.759. The minimum Gasteiger partial charge on any atom is -0.398 e. The average molecular weight is 388 g/mol. The van der Waals surface area contributed by atoms with E-state index >= 15 is 0 Å². The van der Waals surface area contributed by atoms with E-state index in [1.807, 2.05) is 0 Å². The van der Waals surface area contributed by atoms with Crippen LogP contribution in [-0.4, -0.2) is 5.91 Å². The fourth-order valence-electron chi connectivity index (χ4n) is 1.49. The van der Waals surface area contributed by atoms with Gasteiger partial charge in [0.05, 0.1) is 0 Å². The molecule has 0 aromatic heterocycles. The number of nitrogen functional groups attached to an aromatic ring is 1. The maximum Gasteiger partial charge on any atom is 0.255 e. The molecule has 0 fully saturated rings. The first-order chi connectivity index (χ1) is 8.95. The molecule has 2 aromatic carbocycles. The van der Waals surface area contributed by atoms with Gasteiger partial charge in [-0.1, -0.05) is 15.9 Å². The second kappa shape index (κ2) is 5.71. The van der Waals surface area contributed by atoms with Crippen molar-refractivity contribution >= 4 is 49.1 Å². The third-order valence-electron chi connectivity index (χ3n) is 2.38. The Balaban J connectivity index is 2.22. The number of hydrogen-bond donors (Lipinski definition) is 2. The Morgan fingerprint density at radius 2 is 1.89 bits per heavy atom. The molecule has 0 aliphatic rings. The van der Waals surface area contributed by atoms with E-state index in [9.17, 15) is 9.18 Å². The van der Waals surface area contributed by atoms with Gasteiger partial charge in [-0.3, -0.25) is 4.79 Å². The first-order valence-electron chi connectivity index (χ1n) is 5.28. The number of halogens is 3. The van der Waals surface area contributed by atoms with E-state index in [4.69, 9.17) is 5.73 Å². The van der Waals surface area contributed by atoms with Gasteiger partial charge in [0.1, 0.15) is 5.82 Å². The predicted molar refractivity (Wildman–Crippen MR) is 80.6 cm³/mol. The van der Waals surface area contributed by atoms with Crippen molar-refractivity contribution in [2.24, 2.45) is 0 Å². The van der Waals surface area contributed by atoms with E-state index in [0.29, 0.717) is 20.3 Å². The maximum absolute atomic E-state index is 13.2. The van der Waals surface area contributed by atoms with Crippen LogP contribution in [0, 0.1) is 5.82 Å². The summed E-state index contributed by atoms with van der Waals surface area (Å²) in [6, 6.07) is 9.03. The molecule has 1 amide bonds. The molecular weight excluding hydrogens is 379 g/mol. The number of nitrogens with one attached hydrogen (secondary N) is 1. The van der Waals surface area contributed by atoms with E-state index in [1.54, 1.807) is 24.3 Å². The molecule has 19 heavy (non-hydrogen) atoms. The summed E-state index contributed by atoms with van der Waals surface area (Å²) in [6.07, 6.45) is 0. The third-order valence-corrected chi connectivity index (χ3v) is 3.53. The van der Waals surface area contributed by atoms with Crippen LogP contribution in [0.25, 0.3) is 0 Å². The Hall–Kier alpha value is -1.40. The molecule has 0 heterocycles. The zero-order valence-electron chi connectivity index (χ0n) is 9.58. The van der Waals surface area contributed by atoms with Crippen LogP contribution in [-0.2, 0) is 0 Å². The Kier molecular flexibility index (Phi) is 4.21. The highest BCUT2D eigenvalue weighted by Gasteiger charge is 2.09. The van der Waals surface area contributed by atoms with E-state index in [2.05, 4.69) is 37.2 Å². The molecule has 0 saturated carbocycles. The lowest BCUT2D eigenvalue weighted by Crippen LogP contribution is -2.12. The summed E-state index contributed by atoms with van der Waals surface area (Å²) in [5, 5.41) is 2.67. The van der Waals surface area contributed by atoms with Crippen LogP contribution < -0.4 is 11.1 Å². The fraction of sp³-hybridized carbons (Fsp3) is 0. The number of nitrogens with two attached hydrogens (primary N) is 1. The van der Waals surface area contributed by atoms with E-state index in [-0.39, 0.29) is 5.56 Å². The summed E-state index contributed by atoms with van der Waals surface area (Å²) in [4.78, 5) is 12.0. The van der Waals surface area contributed by atoms with Gasteiger partial charge in [-0.2, -0.15) is 0 Å². The highest BCUT2D eigenvalue weighted by Crippen LogP contribution is 2.24. The topological polar surface area (TPSA) is 55.1 Å². The molecule has 0 aliphatic carbocycles. The zero-order valence-corrected chi connectivity index (χ0v) is 12.8. The van der Waals surface area contributed by atoms with Gasteiger partial charge in [-0.15, -0.1) is 0 Å². The first kappa shape index (κ1) is 14.0. The zero-order chi connectivity index (χ0) is 14.0. The molecule has 0 saturated heterocycles. The summed E-state index contributed by atoms with van der Waals surface area (Å²) in [5.41, 5.74) is 7.04. The summed E-state index contributed by atoms with van der Waals surface area (Å²) >= 11 is 6.42.